The van der Waals surface area contributed by atoms with Crippen LogP contribution in [0.25, 0.3) is 105 Å². The predicted molar refractivity (Wildman–Crippen MR) is 259 cm³/mol. The summed E-state index contributed by atoms with van der Waals surface area (Å²) >= 11 is 0. The molecule has 4 nitrogen and oxygen atoms in total. The number of aryl methyl sites for hydroxylation is 4. The van der Waals surface area contributed by atoms with Crippen LogP contribution in [0, 0.1) is 27.7 Å². The number of rotatable bonds is 4. The molecule has 13 rings (SSSR count). The Bertz CT molecular complexity index is 3740. The number of benzene rings is 9. The monoisotopic (exact) mass is 795 g/mol. The highest BCUT2D eigenvalue weighted by atomic mass is 16.5. The topological polar surface area (TPSA) is 24.0 Å². The number of hydrogen-bond donors (Lipinski definition) is 0. The van der Waals surface area contributed by atoms with Gasteiger partial charge in [0.1, 0.15) is 0 Å². The van der Waals surface area contributed by atoms with Crippen molar-refractivity contribution in [2.75, 3.05) is 0 Å². The van der Waals surface area contributed by atoms with Gasteiger partial charge in [0.25, 0.3) is 0 Å². The van der Waals surface area contributed by atoms with Crippen molar-refractivity contribution in [2.45, 2.75) is 27.7 Å². The summed E-state index contributed by atoms with van der Waals surface area (Å²) in [6.07, 6.45) is 0. The van der Waals surface area contributed by atoms with Gasteiger partial charge in [-0.25, -0.2) is 0 Å². The first-order valence-electron chi connectivity index (χ1n) is 21.5. The molecule has 0 bridgehead atoms. The van der Waals surface area contributed by atoms with Crippen molar-refractivity contribution in [3.63, 3.8) is 0 Å². The van der Waals surface area contributed by atoms with Crippen molar-refractivity contribution in [3.8, 4) is 50.8 Å². The minimum Gasteiger partial charge on any atom is -0.453 e. The van der Waals surface area contributed by atoms with Crippen LogP contribution in [-0.4, -0.2) is 13.7 Å². The summed E-state index contributed by atoms with van der Waals surface area (Å²) in [6, 6.07) is 65.0. The van der Waals surface area contributed by atoms with Gasteiger partial charge in [-0.3, -0.25) is 0 Å². The van der Waals surface area contributed by atoms with E-state index in [1.165, 1.54) is 87.8 Å². The molecule has 1 aliphatic heterocycles. The molecular weight excluding hydrogens is 755 g/mol. The van der Waals surface area contributed by atoms with Gasteiger partial charge in [-0.1, -0.05) is 95.1 Å². The van der Waals surface area contributed by atoms with Crippen molar-refractivity contribution in [2.24, 2.45) is 0 Å². The van der Waals surface area contributed by atoms with Crippen LogP contribution in [0.3, 0.4) is 0 Å². The number of ether oxygens (including phenoxy) is 1. The van der Waals surface area contributed by atoms with Gasteiger partial charge in [-0.15, -0.1) is 0 Å². The summed E-state index contributed by atoms with van der Waals surface area (Å²) in [5, 5.41) is 7.56. The normalized spacial score (nSPS) is 12.3. The quantitative estimate of drug-likeness (QED) is 0.174. The summed E-state index contributed by atoms with van der Waals surface area (Å²) in [4.78, 5) is 0. The molecule has 0 spiro atoms. The van der Waals surface area contributed by atoms with Crippen LogP contribution >= 0.6 is 0 Å². The second-order valence-corrected chi connectivity index (χ2v) is 17.3. The predicted octanol–water partition coefficient (Wildman–Crippen LogP) is 15.7. The lowest BCUT2D eigenvalue weighted by atomic mass is 9.98. The third kappa shape index (κ3) is 5.01. The van der Waals surface area contributed by atoms with E-state index < -0.39 is 0 Å². The van der Waals surface area contributed by atoms with Crippen molar-refractivity contribution in [1.82, 2.24) is 13.7 Å². The van der Waals surface area contributed by atoms with E-state index in [0.29, 0.717) is 0 Å². The third-order valence-electron chi connectivity index (χ3n) is 13.2. The molecule has 294 valence electrons. The fraction of sp³-hybridized carbons (Fsp3) is 0.0690. The Kier molecular flexibility index (Phi) is 7.25. The van der Waals surface area contributed by atoms with E-state index >= 15 is 0 Å². The smallest absolute Gasteiger partial charge is 0.152 e. The molecule has 0 N–H and O–H groups in total. The molecule has 0 aliphatic carbocycles. The first-order valence-corrected chi connectivity index (χ1v) is 21.5. The number of nitrogens with zero attached hydrogens (tertiary/aromatic N) is 3. The molecule has 62 heavy (non-hydrogen) atoms. The second kappa shape index (κ2) is 12.8. The van der Waals surface area contributed by atoms with Crippen LogP contribution in [0.1, 0.15) is 22.3 Å². The third-order valence-corrected chi connectivity index (χ3v) is 13.2. The Labute approximate surface area is 359 Å². The largest absolute Gasteiger partial charge is 0.453 e. The van der Waals surface area contributed by atoms with E-state index in [1.54, 1.807) is 0 Å². The first-order chi connectivity index (χ1) is 30.4. The lowest BCUT2D eigenvalue weighted by Gasteiger charge is -2.22. The van der Waals surface area contributed by atoms with Gasteiger partial charge in [-0.2, -0.15) is 0 Å². The maximum absolute atomic E-state index is 6.77. The minimum atomic E-state index is 0.852. The summed E-state index contributed by atoms with van der Waals surface area (Å²) in [7, 11) is 0. The number of hydrogen-bond acceptors (Lipinski definition) is 1. The zero-order valence-corrected chi connectivity index (χ0v) is 35.0. The van der Waals surface area contributed by atoms with Crippen LogP contribution < -0.4 is 4.74 Å². The van der Waals surface area contributed by atoms with Crippen LogP contribution in [0.15, 0.2) is 176 Å². The van der Waals surface area contributed by atoms with Crippen LogP contribution in [0.2, 0.25) is 0 Å². The Morgan fingerprint density at radius 3 is 1.32 bits per heavy atom. The summed E-state index contributed by atoms with van der Waals surface area (Å²) in [5.74, 6) is 1.72. The van der Waals surface area contributed by atoms with Crippen molar-refractivity contribution >= 4 is 65.4 Å². The first kappa shape index (κ1) is 35.0. The molecule has 4 heteroatoms. The Morgan fingerprint density at radius 2 is 0.790 bits per heavy atom. The highest BCUT2D eigenvalue weighted by Crippen LogP contribution is 2.49. The zero-order chi connectivity index (χ0) is 41.4. The van der Waals surface area contributed by atoms with Gasteiger partial charge in [0.05, 0.1) is 38.8 Å². The van der Waals surface area contributed by atoms with E-state index in [-0.39, 0.29) is 0 Å². The van der Waals surface area contributed by atoms with Crippen LogP contribution in [-0.2, 0) is 0 Å². The molecule has 9 aromatic carbocycles. The van der Waals surface area contributed by atoms with Crippen molar-refractivity contribution in [1.29, 1.82) is 0 Å². The van der Waals surface area contributed by atoms with E-state index in [0.717, 1.165) is 50.7 Å². The molecule has 3 aromatic heterocycles. The molecular formula is C58H41N3O. The Morgan fingerprint density at radius 1 is 0.339 bits per heavy atom. The average Bonchev–Trinajstić information content (AvgIpc) is 3.92. The highest BCUT2D eigenvalue weighted by Gasteiger charge is 2.26. The molecule has 0 saturated heterocycles. The van der Waals surface area contributed by atoms with Crippen molar-refractivity contribution in [3.05, 3.63) is 198 Å². The van der Waals surface area contributed by atoms with Crippen molar-refractivity contribution < 1.29 is 4.74 Å². The van der Waals surface area contributed by atoms with Crippen LogP contribution in [0.5, 0.6) is 11.5 Å². The van der Waals surface area contributed by atoms with Gasteiger partial charge in [0.2, 0.25) is 0 Å². The number of aromatic nitrogens is 3. The lowest BCUT2D eigenvalue weighted by Crippen LogP contribution is -2.04. The minimum absolute atomic E-state index is 0.852. The molecule has 0 radical (unpaired) electrons. The molecule has 0 saturated carbocycles. The Balaban J connectivity index is 0.917. The number of para-hydroxylation sites is 1. The molecule has 4 heterocycles. The lowest BCUT2D eigenvalue weighted by molar-refractivity contribution is 0.476. The number of fused-ring (bicyclic) bond motifs is 11. The zero-order valence-electron chi connectivity index (χ0n) is 35.0. The van der Waals surface area contributed by atoms with E-state index in [1.807, 2.05) is 0 Å². The molecule has 12 aromatic rings. The molecule has 0 unspecified atom stereocenters. The van der Waals surface area contributed by atoms with Gasteiger partial charge < -0.3 is 18.4 Å². The van der Waals surface area contributed by atoms with Gasteiger partial charge in [-0.05, 0) is 153 Å². The van der Waals surface area contributed by atoms with Crippen LogP contribution in [0.4, 0.5) is 0 Å². The van der Waals surface area contributed by atoms with Gasteiger partial charge >= 0.3 is 0 Å². The SMILES string of the molecule is Cc1ccc2c(c1)c1cc(C)ccc1n2-c1ccc(-c2ccc3c(c2)-n2c4ccccc4c4c(-c5ccc(-n6c7ccc(C)cc7c7cc(C)ccc76)cc5)ccc(c42)O3)cc1. The molecule has 0 fully saturated rings. The molecule has 1 aliphatic rings. The highest BCUT2D eigenvalue weighted by molar-refractivity contribution is 6.18. The standard InChI is InChI=1S/C58H41N3O/c1-34-9-23-50-45(29-34)46-30-35(2)10-24-51(46)59(50)41-18-13-38(14-19-41)40-17-27-55-54(33-40)61-49-8-6-5-7-44(49)57-43(22-28-56(62-55)58(57)61)39-15-20-42(21-16-39)60-52-25-11-36(3)31-47(52)48-32-37(4)12-26-53(48)60/h5-33H,1-4H3. The maximum Gasteiger partial charge on any atom is 0.152 e. The van der Waals surface area contributed by atoms with E-state index in [2.05, 4.69) is 217 Å². The van der Waals surface area contributed by atoms with E-state index in [9.17, 15) is 0 Å². The summed E-state index contributed by atoms with van der Waals surface area (Å²) in [5.41, 5.74) is 20.2. The second-order valence-electron chi connectivity index (χ2n) is 17.3. The summed E-state index contributed by atoms with van der Waals surface area (Å²) in [6.45, 7) is 8.68. The molecule has 0 atom stereocenters. The van der Waals surface area contributed by atoms with E-state index in [4.69, 9.17) is 4.74 Å². The average molecular weight is 796 g/mol. The fourth-order valence-electron chi connectivity index (χ4n) is 10.4. The fourth-order valence-corrected chi connectivity index (χ4v) is 10.4. The van der Waals surface area contributed by atoms with Gasteiger partial charge in [0, 0.05) is 43.7 Å². The van der Waals surface area contributed by atoms with Gasteiger partial charge in [0.15, 0.2) is 11.5 Å². The Hall–Kier alpha value is -7.82. The summed E-state index contributed by atoms with van der Waals surface area (Å²) < 4.78 is 14.0. The molecule has 0 amide bonds. The maximum atomic E-state index is 6.77.